The highest BCUT2D eigenvalue weighted by molar-refractivity contribution is 5.83. The lowest BCUT2D eigenvalue weighted by Gasteiger charge is -2.31. The summed E-state index contributed by atoms with van der Waals surface area (Å²) in [6.45, 7) is 0. The highest BCUT2D eigenvalue weighted by atomic mass is 19.3. The predicted octanol–water partition coefficient (Wildman–Crippen LogP) is -0.433. The number of amides is 1. The maximum atomic E-state index is 12.7. The molecular weight excluding hydrogens is 188 g/mol. The van der Waals surface area contributed by atoms with Crippen LogP contribution in [0.1, 0.15) is 6.42 Å². The van der Waals surface area contributed by atoms with E-state index in [1.165, 1.54) is 0 Å². The summed E-state index contributed by atoms with van der Waals surface area (Å²) in [5, 5.41) is 10.3. The van der Waals surface area contributed by atoms with Gasteiger partial charge < -0.3 is 10.4 Å². The minimum atomic E-state index is -2.48. The summed E-state index contributed by atoms with van der Waals surface area (Å²) < 4.78 is 24.4. The fourth-order valence-corrected chi connectivity index (χ4v) is 1.04. The number of carbonyl (C=O) groups excluding carboxylic acids is 1. The van der Waals surface area contributed by atoms with Crippen molar-refractivity contribution in [2.24, 2.45) is 0 Å². The van der Waals surface area contributed by atoms with Gasteiger partial charge in [0.25, 0.3) is 0 Å². The number of nitrogens with one attached hydrogen (secondary N) is 1. The zero-order valence-corrected chi connectivity index (χ0v) is 6.37. The number of hydrogen-bond donors (Lipinski definition) is 2. The number of rotatable bonds is 4. The van der Waals surface area contributed by atoms with Crippen LogP contribution in [-0.4, -0.2) is 35.3 Å². The molecule has 1 fully saturated rings. The van der Waals surface area contributed by atoms with Crippen LogP contribution in [0.2, 0.25) is 0 Å². The highest BCUT2D eigenvalue weighted by Crippen LogP contribution is 2.18. The van der Waals surface area contributed by atoms with Gasteiger partial charge in [0.2, 0.25) is 12.1 Å². The molecule has 0 aromatic carbocycles. The molecule has 1 rings (SSSR count). The third kappa shape index (κ3) is 1.92. The number of carboxylic acids is 1. The second-order valence-electron chi connectivity index (χ2n) is 2.67. The molecule has 3 atom stereocenters. The second-order valence-corrected chi connectivity index (χ2v) is 2.67. The molecule has 0 radical (unpaired) electrons. The monoisotopic (exact) mass is 195 g/mol. The standard InChI is InChI=1S/C6H7F2NO4/c7-4(6(11)12)5(13-8)2-1-3(10)9-2/h2,4-5H,1H2,(H,9,10)(H,11,12)/t2?,4-,5+/m1/s1. The Bertz CT molecular complexity index is 227. The van der Waals surface area contributed by atoms with E-state index in [2.05, 4.69) is 10.3 Å². The van der Waals surface area contributed by atoms with Crippen molar-refractivity contribution >= 4 is 11.9 Å². The summed E-state index contributed by atoms with van der Waals surface area (Å²) in [5.41, 5.74) is 0. The first-order chi connectivity index (χ1) is 6.06. The summed E-state index contributed by atoms with van der Waals surface area (Å²) in [4.78, 5) is 23.6. The van der Waals surface area contributed by atoms with Crippen molar-refractivity contribution in [3.05, 3.63) is 0 Å². The minimum Gasteiger partial charge on any atom is -0.479 e. The average molecular weight is 195 g/mol. The van der Waals surface area contributed by atoms with E-state index in [0.29, 0.717) is 0 Å². The highest BCUT2D eigenvalue weighted by Gasteiger charge is 2.42. The Balaban J connectivity index is 2.52. The van der Waals surface area contributed by atoms with Crippen LogP contribution in [0.15, 0.2) is 0 Å². The van der Waals surface area contributed by atoms with Crippen LogP contribution in [0.4, 0.5) is 8.92 Å². The molecule has 74 valence electrons. The minimum absolute atomic E-state index is 0.123. The molecule has 7 heteroatoms. The molecule has 1 aliphatic heterocycles. The third-order valence-electron chi connectivity index (χ3n) is 1.78. The van der Waals surface area contributed by atoms with Gasteiger partial charge in [0.05, 0.1) is 6.04 Å². The van der Waals surface area contributed by atoms with Gasteiger partial charge >= 0.3 is 5.97 Å². The fraction of sp³-hybridized carbons (Fsp3) is 0.667. The summed E-state index contributed by atoms with van der Waals surface area (Å²) in [7, 11) is 0. The molecule has 1 saturated heterocycles. The number of carbonyl (C=O) groups is 2. The van der Waals surface area contributed by atoms with E-state index >= 15 is 0 Å². The van der Waals surface area contributed by atoms with Crippen molar-refractivity contribution in [2.75, 3.05) is 0 Å². The van der Waals surface area contributed by atoms with Gasteiger partial charge in [0.1, 0.15) is 0 Å². The molecule has 0 spiro atoms. The molecule has 0 aliphatic carbocycles. The van der Waals surface area contributed by atoms with Crippen LogP contribution in [-0.2, 0) is 14.5 Å². The van der Waals surface area contributed by atoms with Gasteiger partial charge in [-0.3, -0.25) is 4.79 Å². The molecule has 0 bridgehead atoms. The molecule has 0 saturated carbocycles. The van der Waals surface area contributed by atoms with Crippen LogP contribution >= 0.6 is 0 Å². The van der Waals surface area contributed by atoms with E-state index in [4.69, 9.17) is 5.11 Å². The number of hydrogen-bond acceptors (Lipinski definition) is 3. The molecule has 13 heavy (non-hydrogen) atoms. The first-order valence-corrected chi connectivity index (χ1v) is 3.50. The van der Waals surface area contributed by atoms with Crippen molar-refractivity contribution in [3.8, 4) is 0 Å². The van der Waals surface area contributed by atoms with Gasteiger partial charge in [-0.2, -0.15) is 4.94 Å². The molecular formula is C6H7F2NO4. The van der Waals surface area contributed by atoms with E-state index in [-0.39, 0.29) is 12.3 Å². The SMILES string of the molecule is O=C1CC([C@H](OF)[C@@H](F)C(=O)O)N1. The van der Waals surface area contributed by atoms with Crippen molar-refractivity contribution in [2.45, 2.75) is 24.7 Å². The fourth-order valence-electron chi connectivity index (χ4n) is 1.04. The number of aliphatic carboxylic acids is 1. The molecule has 5 nitrogen and oxygen atoms in total. The summed E-state index contributed by atoms with van der Waals surface area (Å²) in [5.74, 6) is -2.20. The zero-order valence-electron chi connectivity index (χ0n) is 6.37. The van der Waals surface area contributed by atoms with E-state index in [9.17, 15) is 18.5 Å². The van der Waals surface area contributed by atoms with Crippen LogP contribution in [0.25, 0.3) is 0 Å². The lowest BCUT2D eigenvalue weighted by atomic mass is 9.97. The Morgan fingerprint density at radius 3 is 2.62 bits per heavy atom. The molecule has 0 aromatic heterocycles. The second kappa shape index (κ2) is 3.65. The van der Waals surface area contributed by atoms with Crippen molar-refractivity contribution in [1.29, 1.82) is 0 Å². The number of carboxylic acid groups (broad SMARTS) is 1. The molecule has 1 heterocycles. The number of alkyl halides is 1. The lowest BCUT2D eigenvalue weighted by molar-refractivity contribution is -0.217. The lowest BCUT2D eigenvalue weighted by Crippen LogP contribution is -2.59. The van der Waals surface area contributed by atoms with Crippen LogP contribution in [0.5, 0.6) is 0 Å². The Labute approximate surface area is 71.6 Å². The largest absolute Gasteiger partial charge is 0.479 e. The zero-order chi connectivity index (χ0) is 10.0. The quantitative estimate of drug-likeness (QED) is 0.596. The Morgan fingerprint density at radius 1 is 1.77 bits per heavy atom. The van der Waals surface area contributed by atoms with Crippen LogP contribution in [0, 0.1) is 0 Å². The summed E-state index contributed by atoms with van der Waals surface area (Å²) in [6.07, 6.45) is -4.37. The Morgan fingerprint density at radius 2 is 2.31 bits per heavy atom. The normalized spacial score (nSPS) is 25.7. The average Bonchev–Trinajstić information content (AvgIpc) is 2.02. The maximum absolute atomic E-state index is 12.7. The van der Waals surface area contributed by atoms with Crippen molar-refractivity contribution in [1.82, 2.24) is 5.32 Å². The molecule has 1 unspecified atom stereocenters. The molecule has 1 aliphatic rings. The van der Waals surface area contributed by atoms with Gasteiger partial charge in [0, 0.05) is 6.42 Å². The van der Waals surface area contributed by atoms with Gasteiger partial charge in [-0.15, -0.1) is 0 Å². The summed E-state index contributed by atoms with van der Waals surface area (Å²) >= 11 is 0. The molecule has 2 N–H and O–H groups in total. The number of β-lactam (4-membered cyclic amide) rings is 1. The smallest absolute Gasteiger partial charge is 0.341 e. The summed E-state index contributed by atoms with van der Waals surface area (Å²) in [6, 6.07) is -0.899. The molecule has 1 amide bonds. The van der Waals surface area contributed by atoms with Crippen LogP contribution in [0.3, 0.4) is 0 Å². The molecule has 0 aromatic rings. The Hall–Kier alpha value is -1.24. The topological polar surface area (TPSA) is 75.6 Å². The number of halogens is 2. The third-order valence-corrected chi connectivity index (χ3v) is 1.78. The van der Waals surface area contributed by atoms with Crippen LogP contribution < -0.4 is 5.32 Å². The Kier molecular flexibility index (Phi) is 2.76. The van der Waals surface area contributed by atoms with E-state index in [0.717, 1.165) is 0 Å². The van der Waals surface area contributed by atoms with E-state index < -0.39 is 24.3 Å². The van der Waals surface area contributed by atoms with Gasteiger partial charge in [-0.25, -0.2) is 9.18 Å². The van der Waals surface area contributed by atoms with E-state index in [1.54, 1.807) is 0 Å². The first kappa shape index (κ1) is 9.85. The van der Waals surface area contributed by atoms with Crippen molar-refractivity contribution < 1.29 is 28.6 Å². The van der Waals surface area contributed by atoms with Gasteiger partial charge in [-0.1, -0.05) is 0 Å². The maximum Gasteiger partial charge on any atom is 0.341 e. The van der Waals surface area contributed by atoms with Crippen molar-refractivity contribution in [3.63, 3.8) is 0 Å². The van der Waals surface area contributed by atoms with Gasteiger partial charge in [-0.05, 0) is 4.53 Å². The van der Waals surface area contributed by atoms with Gasteiger partial charge in [0.15, 0.2) is 6.10 Å². The van der Waals surface area contributed by atoms with E-state index in [1.807, 2.05) is 0 Å². The first-order valence-electron chi connectivity index (χ1n) is 3.50. The predicted molar refractivity (Wildman–Crippen MR) is 35.1 cm³/mol.